The second-order valence-corrected chi connectivity index (χ2v) is 10.6. The Bertz CT molecular complexity index is 1270. The Kier molecular flexibility index (Phi) is 12.1. The maximum Gasteiger partial charge on any atom is 0.246 e. The molecule has 0 radical (unpaired) electrons. The summed E-state index contributed by atoms with van der Waals surface area (Å²) in [5.41, 5.74) is 1.25. The summed E-state index contributed by atoms with van der Waals surface area (Å²) in [7, 11) is 5.50. The van der Waals surface area contributed by atoms with Gasteiger partial charge in [-0.05, 0) is 64.9 Å². The lowest BCUT2D eigenvalue weighted by atomic mass is 9.86. The molecule has 1 heterocycles. The van der Waals surface area contributed by atoms with Crippen LogP contribution in [0.5, 0.6) is 0 Å². The molecular weight excluding hydrogens is 521 g/mol. The Morgan fingerprint density at radius 3 is 2.78 bits per heavy atom. The minimum absolute atomic E-state index is 0.00225. The van der Waals surface area contributed by atoms with E-state index in [0.717, 1.165) is 38.6 Å². The number of hydrogen-bond donors (Lipinski definition) is 3. The van der Waals surface area contributed by atoms with Gasteiger partial charge in [-0.15, -0.1) is 0 Å². The zero-order valence-electron chi connectivity index (χ0n) is 24.7. The summed E-state index contributed by atoms with van der Waals surface area (Å²) >= 11 is 0. The molecule has 1 unspecified atom stereocenters. The van der Waals surface area contributed by atoms with E-state index in [9.17, 15) is 14.0 Å². The average Bonchev–Trinajstić information content (AvgIpc) is 2.94. The van der Waals surface area contributed by atoms with Gasteiger partial charge in [0.05, 0.1) is 11.8 Å². The molecule has 3 N–H and O–H groups in total. The summed E-state index contributed by atoms with van der Waals surface area (Å²) in [4.78, 5) is 37.7. The lowest BCUT2D eigenvalue weighted by molar-refractivity contribution is -0.135. The maximum atomic E-state index is 13.6. The zero-order chi connectivity index (χ0) is 29.8. The van der Waals surface area contributed by atoms with Crippen LogP contribution in [0.2, 0.25) is 0 Å². The van der Waals surface area contributed by atoms with E-state index in [-0.39, 0.29) is 29.6 Å². The van der Waals surface area contributed by atoms with Crippen molar-refractivity contribution in [3.63, 3.8) is 0 Å². The van der Waals surface area contributed by atoms with Crippen LogP contribution in [0.15, 0.2) is 42.6 Å². The number of carbonyl (C=O) groups is 2. The molecule has 0 bridgehead atoms. The molecule has 1 aliphatic rings. The number of nitrogens with zero attached hydrogens (tertiary/aromatic N) is 4. The minimum Gasteiger partial charge on any atom is -0.369 e. The van der Waals surface area contributed by atoms with Gasteiger partial charge >= 0.3 is 0 Å². The monoisotopic (exact) mass is 563 g/mol. The molecule has 0 spiro atoms. The van der Waals surface area contributed by atoms with Crippen molar-refractivity contribution in [1.29, 1.82) is 0 Å². The Morgan fingerprint density at radius 1 is 1.24 bits per heavy atom. The molecule has 0 saturated heterocycles. The lowest BCUT2D eigenvalue weighted by Crippen LogP contribution is -2.49. The fourth-order valence-corrected chi connectivity index (χ4v) is 4.41. The quantitative estimate of drug-likeness (QED) is 0.279. The van der Waals surface area contributed by atoms with Gasteiger partial charge in [0.15, 0.2) is 0 Å². The van der Waals surface area contributed by atoms with Gasteiger partial charge in [0.2, 0.25) is 17.8 Å². The highest BCUT2D eigenvalue weighted by molar-refractivity contribution is 5.92. The molecule has 1 aliphatic carbocycles. The minimum atomic E-state index is -0.582. The summed E-state index contributed by atoms with van der Waals surface area (Å²) in [5.74, 6) is 6.99. The number of rotatable bonds is 11. The van der Waals surface area contributed by atoms with Crippen LogP contribution in [0.3, 0.4) is 0 Å². The molecule has 1 aromatic carbocycles. The second-order valence-electron chi connectivity index (χ2n) is 10.6. The van der Waals surface area contributed by atoms with Gasteiger partial charge < -0.3 is 25.8 Å². The number of hydrogen-bond acceptors (Lipinski definition) is 7. The number of nitrogens with one attached hydrogen (secondary N) is 3. The number of anilines is 3. The smallest absolute Gasteiger partial charge is 0.246 e. The predicted molar refractivity (Wildman–Crippen MR) is 161 cm³/mol. The lowest BCUT2D eigenvalue weighted by Gasteiger charge is -2.30. The van der Waals surface area contributed by atoms with Crippen LogP contribution in [0, 0.1) is 23.6 Å². The Labute approximate surface area is 243 Å². The summed E-state index contributed by atoms with van der Waals surface area (Å²) in [6.45, 7) is 5.19. The molecule has 0 aliphatic heterocycles. The highest BCUT2D eigenvalue weighted by Crippen LogP contribution is 2.25. The largest absolute Gasteiger partial charge is 0.369 e. The van der Waals surface area contributed by atoms with Gasteiger partial charge in [0.25, 0.3) is 0 Å². The number of likely N-dealkylation sites (N-methyl/N-ethyl adjacent to an activating group) is 2. The van der Waals surface area contributed by atoms with Crippen molar-refractivity contribution in [2.75, 3.05) is 44.9 Å². The average molecular weight is 564 g/mol. The van der Waals surface area contributed by atoms with E-state index in [4.69, 9.17) is 0 Å². The molecule has 10 heteroatoms. The number of benzene rings is 1. The molecule has 220 valence electrons. The molecule has 1 fully saturated rings. The first-order chi connectivity index (χ1) is 19.7. The summed E-state index contributed by atoms with van der Waals surface area (Å²) in [6, 6.07) is 5.55. The molecule has 9 nitrogen and oxygen atoms in total. The van der Waals surface area contributed by atoms with E-state index < -0.39 is 6.04 Å². The van der Waals surface area contributed by atoms with Crippen molar-refractivity contribution in [2.24, 2.45) is 5.92 Å². The second kappa shape index (κ2) is 15.7. The first-order valence-electron chi connectivity index (χ1n) is 14.2. The third-order valence-corrected chi connectivity index (χ3v) is 6.88. The van der Waals surface area contributed by atoms with Crippen LogP contribution < -0.4 is 16.0 Å². The van der Waals surface area contributed by atoms with Crippen LogP contribution in [-0.2, 0) is 9.59 Å². The molecule has 41 heavy (non-hydrogen) atoms. The molecular formula is C31H42FN7O2. The van der Waals surface area contributed by atoms with Gasteiger partial charge in [-0.25, -0.2) is 9.37 Å². The summed E-state index contributed by atoms with van der Waals surface area (Å²) in [5, 5.41) is 9.47. The summed E-state index contributed by atoms with van der Waals surface area (Å²) < 4.78 is 13.6. The van der Waals surface area contributed by atoms with E-state index in [1.807, 2.05) is 19.0 Å². The van der Waals surface area contributed by atoms with Crippen molar-refractivity contribution in [2.45, 2.75) is 58.0 Å². The van der Waals surface area contributed by atoms with Crippen LogP contribution in [0.4, 0.5) is 21.8 Å². The number of carbonyl (C=O) groups excluding carboxylic acids is 2. The number of aromatic nitrogens is 2. The third kappa shape index (κ3) is 10.2. The first-order valence-corrected chi connectivity index (χ1v) is 14.2. The Balaban J connectivity index is 1.62. The number of amides is 2. The van der Waals surface area contributed by atoms with Crippen LogP contribution in [0.1, 0.15) is 51.5 Å². The first kappa shape index (κ1) is 31.6. The van der Waals surface area contributed by atoms with Crippen molar-refractivity contribution in [1.82, 2.24) is 25.1 Å². The molecule has 1 aromatic heterocycles. The Morgan fingerprint density at radius 2 is 2.05 bits per heavy atom. The van der Waals surface area contributed by atoms with Gasteiger partial charge in [0.1, 0.15) is 17.7 Å². The van der Waals surface area contributed by atoms with Crippen molar-refractivity contribution >= 4 is 29.3 Å². The third-order valence-electron chi connectivity index (χ3n) is 6.88. The number of halogens is 1. The van der Waals surface area contributed by atoms with Gasteiger partial charge in [-0.2, -0.15) is 4.98 Å². The van der Waals surface area contributed by atoms with E-state index in [0.29, 0.717) is 29.6 Å². The summed E-state index contributed by atoms with van der Waals surface area (Å²) in [6.07, 6.45) is 9.40. The fraction of sp³-hybridized carbons (Fsp3) is 0.484. The molecule has 3 rings (SSSR count). The van der Waals surface area contributed by atoms with E-state index >= 15 is 0 Å². The molecule has 2 aromatic rings. The predicted octanol–water partition coefficient (Wildman–Crippen LogP) is 4.17. The van der Waals surface area contributed by atoms with E-state index in [2.05, 4.69) is 44.7 Å². The highest BCUT2D eigenvalue weighted by Gasteiger charge is 2.26. The van der Waals surface area contributed by atoms with Gasteiger partial charge in [-0.1, -0.05) is 37.3 Å². The van der Waals surface area contributed by atoms with E-state index in [1.54, 1.807) is 38.4 Å². The van der Waals surface area contributed by atoms with Crippen molar-refractivity contribution < 1.29 is 14.0 Å². The van der Waals surface area contributed by atoms with Crippen LogP contribution >= 0.6 is 0 Å². The normalized spacial score (nSPS) is 17.4. The standard InChI is InChI=1S/C31H42FN7O2/c1-6-17-33-29-24(21-34-31(37-29)36-27-13-8-11-25(32)20-27)16-15-23-10-7-12-26(19-23)35-30(41)22(2)39(5)28(40)14-9-18-38(3)4/h8-9,11,13-14,20-23,26H,6-7,10,12,17-19H2,1-5H3,(H,35,41)(H2,33,34,36,37)/t22?,23-,26-/m1/s1. The van der Waals surface area contributed by atoms with Crippen LogP contribution in [0.25, 0.3) is 0 Å². The van der Waals surface area contributed by atoms with E-state index in [1.165, 1.54) is 23.1 Å². The molecule has 1 saturated carbocycles. The highest BCUT2D eigenvalue weighted by atomic mass is 19.1. The van der Waals surface area contributed by atoms with Gasteiger partial charge in [0, 0.05) is 43.9 Å². The van der Waals surface area contributed by atoms with Crippen LogP contribution in [-0.4, -0.2) is 77.9 Å². The zero-order valence-corrected chi connectivity index (χ0v) is 24.7. The topological polar surface area (TPSA) is 102 Å². The van der Waals surface area contributed by atoms with Gasteiger partial charge in [-0.3, -0.25) is 9.59 Å². The fourth-order valence-electron chi connectivity index (χ4n) is 4.41. The molecule has 3 atom stereocenters. The SMILES string of the molecule is CCCNc1nc(Nc2cccc(F)c2)ncc1C#C[C@H]1CCC[C@@H](NC(=O)C(C)N(C)C(=O)C=CCN(C)C)C1. The Hall–Kier alpha value is -3.97. The molecule has 2 amide bonds. The van der Waals surface area contributed by atoms with Crippen molar-refractivity contribution in [3.8, 4) is 11.8 Å². The maximum absolute atomic E-state index is 13.6. The van der Waals surface area contributed by atoms with Crippen molar-refractivity contribution in [3.05, 3.63) is 54.0 Å².